The van der Waals surface area contributed by atoms with Gasteiger partial charge in [0.1, 0.15) is 11.6 Å². The molecule has 366 valence electrons. The van der Waals surface area contributed by atoms with E-state index in [1.807, 2.05) is 6.20 Å². The third-order valence-corrected chi connectivity index (χ3v) is 14.7. The number of aromatic hydroxyl groups is 1. The number of benzene rings is 7. The first-order chi connectivity index (χ1) is 34.1. The van der Waals surface area contributed by atoms with E-state index in [-0.39, 0.29) is 39.7 Å². The summed E-state index contributed by atoms with van der Waals surface area (Å²) in [6.45, 7) is 31.7. The summed E-state index contributed by atoms with van der Waals surface area (Å²) < 4.78 is 2.39. The average Bonchev–Trinajstić information content (AvgIpc) is 3.74. The Balaban J connectivity index is 1.34. The van der Waals surface area contributed by atoms with E-state index in [1.54, 1.807) is 0 Å². The summed E-state index contributed by atoms with van der Waals surface area (Å²) in [5.41, 5.74) is 20.1. The van der Waals surface area contributed by atoms with E-state index in [9.17, 15) is 5.11 Å². The number of rotatable bonds is 10. The largest absolute Gasteiger partial charge is 0.507 e. The summed E-state index contributed by atoms with van der Waals surface area (Å²) in [5, 5.41) is 12.7. The van der Waals surface area contributed by atoms with Gasteiger partial charge < -0.3 is 5.11 Å². The van der Waals surface area contributed by atoms with Crippen LogP contribution >= 0.6 is 0 Å². The van der Waals surface area contributed by atoms with Crippen molar-refractivity contribution in [1.82, 2.24) is 14.5 Å². The van der Waals surface area contributed by atoms with Crippen LogP contribution in [0.5, 0.6) is 5.75 Å². The van der Waals surface area contributed by atoms with Crippen LogP contribution < -0.4 is 0 Å². The molecule has 9 aromatic rings. The Morgan fingerprint density at radius 1 is 0.458 bits per heavy atom. The molecule has 0 aliphatic rings. The highest BCUT2D eigenvalue weighted by molar-refractivity contribution is 5.98. The molecule has 0 aliphatic carbocycles. The molecular weight excluding hydrogens is 875 g/mol. The van der Waals surface area contributed by atoms with Gasteiger partial charge in [0.25, 0.3) is 0 Å². The number of nitrogens with zero attached hydrogens (tertiary/aromatic N) is 3. The molecule has 0 saturated carbocycles. The van der Waals surface area contributed by atoms with Crippen LogP contribution in [0, 0.1) is 0 Å². The van der Waals surface area contributed by atoms with Crippen molar-refractivity contribution >= 4 is 11.0 Å². The second-order valence-electron chi connectivity index (χ2n) is 23.7. The van der Waals surface area contributed by atoms with Crippen molar-refractivity contribution in [2.75, 3.05) is 0 Å². The van der Waals surface area contributed by atoms with Crippen molar-refractivity contribution in [1.29, 1.82) is 0 Å². The molecule has 72 heavy (non-hydrogen) atoms. The molecule has 1 atom stereocenters. The van der Waals surface area contributed by atoms with E-state index in [1.165, 1.54) is 33.4 Å². The van der Waals surface area contributed by atoms with Crippen LogP contribution in [0.2, 0.25) is 0 Å². The first-order valence-electron chi connectivity index (χ1n) is 26.0. The van der Waals surface area contributed by atoms with Gasteiger partial charge in [-0.3, -0.25) is 9.55 Å². The topological polar surface area (TPSA) is 50.9 Å². The summed E-state index contributed by atoms with van der Waals surface area (Å²) in [6, 6.07) is 57.3. The Bertz CT molecular complexity index is 3400. The van der Waals surface area contributed by atoms with Crippen LogP contribution in [0.3, 0.4) is 0 Å². The van der Waals surface area contributed by atoms with Crippen molar-refractivity contribution in [3.05, 3.63) is 203 Å². The van der Waals surface area contributed by atoms with Gasteiger partial charge in [0, 0.05) is 28.8 Å². The second-order valence-corrected chi connectivity index (χ2v) is 23.7. The van der Waals surface area contributed by atoms with E-state index in [0.29, 0.717) is 0 Å². The molecule has 7 aromatic carbocycles. The highest BCUT2D eigenvalue weighted by Crippen LogP contribution is 2.47. The molecule has 4 nitrogen and oxygen atoms in total. The summed E-state index contributed by atoms with van der Waals surface area (Å²) in [6.07, 6.45) is 1.95. The normalized spacial score (nSPS) is 12.8. The van der Waals surface area contributed by atoms with Gasteiger partial charge in [-0.1, -0.05) is 212 Å². The summed E-state index contributed by atoms with van der Waals surface area (Å²) in [7, 11) is 0. The Hall–Kier alpha value is -7.04. The smallest absolute Gasteiger partial charge is 0.149 e. The number of aromatic nitrogens is 3. The summed E-state index contributed by atoms with van der Waals surface area (Å²) >= 11 is 0. The predicted molar refractivity (Wildman–Crippen MR) is 306 cm³/mol. The second kappa shape index (κ2) is 19.2. The summed E-state index contributed by atoms with van der Waals surface area (Å²) in [4.78, 5) is 10.9. The minimum atomic E-state index is -0.329. The molecule has 0 fully saturated rings. The molecule has 0 aliphatic heterocycles. The van der Waals surface area contributed by atoms with E-state index >= 15 is 0 Å². The molecule has 1 unspecified atom stereocenters. The van der Waals surface area contributed by atoms with Crippen molar-refractivity contribution in [2.24, 2.45) is 0 Å². The highest BCUT2D eigenvalue weighted by Gasteiger charge is 2.31. The van der Waals surface area contributed by atoms with Gasteiger partial charge in [-0.25, -0.2) is 4.98 Å². The molecule has 0 spiro atoms. The number of para-hydroxylation sites is 1. The van der Waals surface area contributed by atoms with E-state index < -0.39 is 0 Å². The predicted octanol–water partition coefficient (Wildman–Crippen LogP) is 18.8. The molecule has 9 rings (SSSR count). The molecule has 0 amide bonds. The lowest BCUT2D eigenvalue weighted by atomic mass is 9.78. The monoisotopic (exact) mass is 948 g/mol. The van der Waals surface area contributed by atoms with Crippen LogP contribution in [-0.4, -0.2) is 19.6 Å². The Morgan fingerprint density at radius 3 is 1.65 bits per heavy atom. The standard InChI is InChI=1S/C68H73N3O/c1-42(2)56-38-51(66(6,7)8)39-57(43(3)4)63(56)71-61-31-23-30-55(62(61)70-65(71)58-40-52(67(9,10)11)41-59(64(58)72)68(12,13)14)49-34-48(46-26-19-16-20-27-46)35-50(36-49)60-37-47(32-33-69-60)54-29-22-21-28-53(54)44(5)45-24-17-15-18-25-45/h15-44,72H,1-14H3. The number of phenols is 1. The number of imidazole rings is 1. The van der Waals surface area contributed by atoms with Crippen LogP contribution in [0.4, 0.5) is 0 Å². The molecule has 2 heterocycles. The van der Waals surface area contributed by atoms with Crippen molar-refractivity contribution in [3.63, 3.8) is 0 Å². The maximum Gasteiger partial charge on any atom is 0.149 e. The minimum absolute atomic E-state index is 0.0560. The number of hydrogen-bond acceptors (Lipinski definition) is 3. The van der Waals surface area contributed by atoms with Gasteiger partial charge in [0.05, 0.1) is 28.0 Å². The Labute approximate surface area is 429 Å². The van der Waals surface area contributed by atoms with Gasteiger partial charge in [-0.05, 0) is 132 Å². The molecule has 0 bridgehead atoms. The zero-order valence-corrected chi connectivity index (χ0v) is 45.1. The van der Waals surface area contributed by atoms with Crippen molar-refractivity contribution < 1.29 is 5.11 Å². The first kappa shape index (κ1) is 49.9. The lowest BCUT2D eigenvalue weighted by Crippen LogP contribution is -2.18. The van der Waals surface area contributed by atoms with E-state index in [4.69, 9.17) is 9.97 Å². The zero-order chi connectivity index (χ0) is 51.4. The molecule has 0 saturated heterocycles. The Kier molecular flexibility index (Phi) is 13.3. The van der Waals surface area contributed by atoms with Gasteiger partial charge in [-0.15, -0.1) is 0 Å². The van der Waals surface area contributed by atoms with Crippen LogP contribution in [0.1, 0.15) is 154 Å². The Morgan fingerprint density at radius 2 is 1.03 bits per heavy atom. The fraction of sp³-hybridized carbons (Fsp3) is 0.294. The van der Waals surface area contributed by atoms with Gasteiger partial charge >= 0.3 is 0 Å². The third kappa shape index (κ3) is 9.69. The first-order valence-corrected chi connectivity index (χ1v) is 26.0. The fourth-order valence-electron chi connectivity index (χ4n) is 10.3. The minimum Gasteiger partial charge on any atom is -0.507 e. The molecule has 1 N–H and O–H groups in total. The maximum atomic E-state index is 12.7. The summed E-state index contributed by atoms with van der Waals surface area (Å²) in [5.74, 6) is 1.62. The van der Waals surface area contributed by atoms with Crippen LogP contribution in [-0.2, 0) is 16.2 Å². The number of phenolic OH excluding ortho intramolecular Hbond substituents is 1. The van der Waals surface area contributed by atoms with Crippen molar-refractivity contribution in [2.45, 2.75) is 131 Å². The SMILES string of the molecule is CC(C)c1cc(C(C)(C)C)cc(C(C)C)c1-n1c(-c2cc(C(C)(C)C)cc(C(C)(C)C)c2O)nc2c(-c3cc(-c4ccccc4)cc(-c4cc(-c5ccccc5C(C)c5ccccc5)ccn4)c3)cccc21. The average molecular weight is 948 g/mol. The number of hydrogen-bond donors (Lipinski definition) is 1. The van der Waals surface area contributed by atoms with E-state index in [0.717, 1.165) is 78.3 Å². The lowest BCUT2D eigenvalue weighted by Gasteiger charge is -2.29. The van der Waals surface area contributed by atoms with Gasteiger partial charge in [0.2, 0.25) is 0 Å². The van der Waals surface area contributed by atoms with Crippen LogP contribution in [0.25, 0.3) is 72.7 Å². The lowest BCUT2D eigenvalue weighted by molar-refractivity contribution is 0.446. The van der Waals surface area contributed by atoms with Crippen LogP contribution in [0.15, 0.2) is 164 Å². The molecule has 0 radical (unpaired) electrons. The zero-order valence-electron chi connectivity index (χ0n) is 45.1. The quantitative estimate of drug-likeness (QED) is 0.149. The molecular formula is C68H73N3O. The van der Waals surface area contributed by atoms with E-state index in [2.05, 4.69) is 259 Å². The van der Waals surface area contributed by atoms with Crippen molar-refractivity contribution in [3.8, 4) is 67.5 Å². The van der Waals surface area contributed by atoms with Gasteiger partial charge in [-0.2, -0.15) is 0 Å². The maximum absolute atomic E-state index is 12.7. The molecule has 2 aromatic heterocycles. The molecule has 4 heteroatoms. The number of fused-ring (bicyclic) bond motifs is 1. The highest BCUT2D eigenvalue weighted by atomic mass is 16.3. The third-order valence-electron chi connectivity index (χ3n) is 14.7. The fourth-order valence-corrected chi connectivity index (χ4v) is 10.3. The number of pyridine rings is 1. The van der Waals surface area contributed by atoms with Gasteiger partial charge in [0.15, 0.2) is 0 Å².